The number of benzene rings is 1. The lowest BCUT2D eigenvalue weighted by Crippen LogP contribution is -2.11. The summed E-state index contributed by atoms with van der Waals surface area (Å²) in [5, 5.41) is 10.7. The Hall–Kier alpha value is -1.37. The molecular formula is C12H14F5NO. The van der Waals surface area contributed by atoms with Crippen LogP contribution in [0, 0.1) is 29.1 Å². The van der Waals surface area contributed by atoms with Crippen LogP contribution in [0.3, 0.4) is 0 Å². The van der Waals surface area contributed by atoms with E-state index < -0.39 is 34.8 Å². The van der Waals surface area contributed by atoms with E-state index in [1.807, 2.05) is 0 Å². The number of aliphatic hydroxyl groups excluding tert-OH is 1. The maximum absolute atomic E-state index is 13.2. The van der Waals surface area contributed by atoms with Gasteiger partial charge in [-0.3, -0.25) is 0 Å². The van der Waals surface area contributed by atoms with E-state index in [-0.39, 0.29) is 13.2 Å². The second kappa shape index (κ2) is 7.28. The maximum atomic E-state index is 13.2. The Morgan fingerprint density at radius 3 is 1.68 bits per heavy atom. The fourth-order valence-electron chi connectivity index (χ4n) is 1.56. The van der Waals surface area contributed by atoms with Crippen LogP contribution in [0.5, 0.6) is 0 Å². The van der Waals surface area contributed by atoms with Crippen molar-refractivity contribution in [2.75, 3.05) is 18.5 Å². The molecule has 0 aliphatic heterocycles. The highest BCUT2D eigenvalue weighted by Crippen LogP contribution is 2.27. The number of aliphatic hydroxyl groups is 1. The average molecular weight is 283 g/mol. The van der Waals surface area contributed by atoms with E-state index >= 15 is 0 Å². The summed E-state index contributed by atoms with van der Waals surface area (Å²) < 4.78 is 64.9. The van der Waals surface area contributed by atoms with Gasteiger partial charge in [-0.1, -0.05) is 12.8 Å². The first-order chi connectivity index (χ1) is 9.00. The second-order valence-corrected chi connectivity index (χ2v) is 4.01. The first kappa shape index (κ1) is 15.7. The Morgan fingerprint density at radius 1 is 0.684 bits per heavy atom. The molecule has 2 nitrogen and oxygen atoms in total. The van der Waals surface area contributed by atoms with Crippen molar-refractivity contribution >= 4 is 5.69 Å². The highest BCUT2D eigenvalue weighted by atomic mass is 19.2. The Morgan fingerprint density at radius 2 is 1.16 bits per heavy atom. The predicted octanol–water partition coefficient (Wildman–Crippen LogP) is 3.35. The molecule has 0 heterocycles. The first-order valence-corrected chi connectivity index (χ1v) is 5.86. The molecule has 0 aromatic heterocycles. The van der Waals surface area contributed by atoms with E-state index in [0.29, 0.717) is 19.3 Å². The molecule has 2 N–H and O–H groups in total. The molecule has 0 amide bonds. The summed E-state index contributed by atoms with van der Waals surface area (Å²) in [7, 11) is 0. The van der Waals surface area contributed by atoms with Gasteiger partial charge in [-0.05, 0) is 12.8 Å². The van der Waals surface area contributed by atoms with Gasteiger partial charge >= 0.3 is 0 Å². The molecule has 0 aliphatic rings. The molecule has 0 aliphatic carbocycles. The Balaban J connectivity index is 2.64. The first-order valence-electron chi connectivity index (χ1n) is 5.86. The standard InChI is InChI=1S/C12H14F5NO/c13-7-8(14)10(16)12(11(17)9(7)15)18-5-3-1-2-4-6-19/h18-19H,1-6H2. The fraction of sp³-hybridized carbons (Fsp3) is 0.500. The molecule has 0 radical (unpaired) electrons. The van der Waals surface area contributed by atoms with E-state index in [0.717, 1.165) is 6.42 Å². The average Bonchev–Trinajstić information content (AvgIpc) is 2.41. The molecule has 1 aromatic rings. The van der Waals surface area contributed by atoms with E-state index in [4.69, 9.17) is 5.11 Å². The van der Waals surface area contributed by atoms with Gasteiger partial charge in [0.2, 0.25) is 5.82 Å². The fourth-order valence-corrected chi connectivity index (χ4v) is 1.56. The number of nitrogens with one attached hydrogen (secondary N) is 1. The SMILES string of the molecule is OCCCCCCNc1c(F)c(F)c(F)c(F)c1F. The summed E-state index contributed by atoms with van der Waals surface area (Å²) in [6.45, 7) is 0.148. The van der Waals surface area contributed by atoms with Crippen LogP contribution in [0.25, 0.3) is 0 Å². The van der Waals surface area contributed by atoms with Crippen LogP contribution < -0.4 is 5.32 Å². The molecule has 7 heteroatoms. The van der Waals surface area contributed by atoms with Crippen molar-refractivity contribution in [2.45, 2.75) is 25.7 Å². The van der Waals surface area contributed by atoms with E-state index in [1.54, 1.807) is 0 Å². The molecule has 1 rings (SSSR count). The Kier molecular flexibility index (Phi) is 6.01. The summed E-state index contributed by atoms with van der Waals surface area (Å²) in [6, 6.07) is 0. The molecule has 0 atom stereocenters. The number of hydrogen-bond acceptors (Lipinski definition) is 2. The molecule has 1 aromatic carbocycles. The molecular weight excluding hydrogens is 269 g/mol. The van der Waals surface area contributed by atoms with Gasteiger partial charge < -0.3 is 10.4 Å². The number of unbranched alkanes of at least 4 members (excludes halogenated alkanes) is 3. The lowest BCUT2D eigenvalue weighted by Gasteiger charge is -2.10. The summed E-state index contributed by atoms with van der Waals surface area (Å²) >= 11 is 0. The third kappa shape index (κ3) is 3.79. The van der Waals surface area contributed by atoms with Gasteiger partial charge in [-0.2, -0.15) is 0 Å². The van der Waals surface area contributed by atoms with Crippen molar-refractivity contribution in [2.24, 2.45) is 0 Å². The van der Waals surface area contributed by atoms with Crippen molar-refractivity contribution in [3.8, 4) is 0 Å². The smallest absolute Gasteiger partial charge is 0.200 e. The summed E-state index contributed by atoms with van der Waals surface area (Å²) in [6.07, 6.45) is 2.53. The minimum atomic E-state index is -2.16. The molecule has 0 unspecified atom stereocenters. The minimum absolute atomic E-state index is 0.0606. The molecule has 19 heavy (non-hydrogen) atoms. The maximum Gasteiger partial charge on any atom is 0.200 e. The van der Waals surface area contributed by atoms with Crippen molar-refractivity contribution < 1.29 is 27.1 Å². The lowest BCUT2D eigenvalue weighted by atomic mass is 10.2. The highest BCUT2D eigenvalue weighted by Gasteiger charge is 2.25. The third-order valence-corrected chi connectivity index (χ3v) is 2.60. The third-order valence-electron chi connectivity index (χ3n) is 2.60. The van der Waals surface area contributed by atoms with Crippen LogP contribution in [0.1, 0.15) is 25.7 Å². The summed E-state index contributed by atoms with van der Waals surface area (Å²) in [4.78, 5) is 0. The number of hydrogen-bond donors (Lipinski definition) is 2. The zero-order valence-electron chi connectivity index (χ0n) is 10.1. The zero-order chi connectivity index (χ0) is 14.4. The van der Waals surface area contributed by atoms with Crippen LogP contribution in [0.15, 0.2) is 0 Å². The van der Waals surface area contributed by atoms with Crippen LogP contribution in [0.4, 0.5) is 27.6 Å². The number of rotatable bonds is 7. The molecule has 0 fully saturated rings. The van der Waals surface area contributed by atoms with Gasteiger partial charge in [0.1, 0.15) is 5.69 Å². The normalized spacial score (nSPS) is 10.8. The predicted molar refractivity (Wildman–Crippen MR) is 60.3 cm³/mol. The quantitative estimate of drug-likeness (QED) is 0.348. The van der Waals surface area contributed by atoms with E-state index in [1.165, 1.54) is 0 Å². The monoisotopic (exact) mass is 283 g/mol. The minimum Gasteiger partial charge on any atom is -0.396 e. The molecule has 0 saturated carbocycles. The van der Waals surface area contributed by atoms with Gasteiger partial charge in [-0.25, -0.2) is 22.0 Å². The number of halogens is 5. The van der Waals surface area contributed by atoms with Gasteiger partial charge in [0.15, 0.2) is 23.3 Å². The summed E-state index contributed by atoms with van der Waals surface area (Å²) in [5.41, 5.74) is -1.00. The highest BCUT2D eigenvalue weighted by molar-refractivity contribution is 5.47. The van der Waals surface area contributed by atoms with Crippen molar-refractivity contribution in [1.82, 2.24) is 0 Å². The van der Waals surface area contributed by atoms with Crippen molar-refractivity contribution in [3.63, 3.8) is 0 Å². The summed E-state index contributed by atoms with van der Waals surface area (Å²) in [5.74, 6) is -9.79. The van der Waals surface area contributed by atoms with Crippen LogP contribution in [-0.4, -0.2) is 18.3 Å². The van der Waals surface area contributed by atoms with E-state index in [2.05, 4.69) is 5.32 Å². The van der Waals surface area contributed by atoms with Gasteiger partial charge in [0, 0.05) is 13.2 Å². The van der Waals surface area contributed by atoms with Crippen molar-refractivity contribution in [1.29, 1.82) is 0 Å². The topological polar surface area (TPSA) is 32.3 Å². The largest absolute Gasteiger partial charge is 0.396 e. The number of anilines is 1. The molecule has 0 bridgehead atoms. The molecule has 0 spiro atoms. The van der Waals surface area contributed by atoms with Gasteiger partial charge in [0.25, 0.3) is 0 Å². The van der Waals surface area contributed by atoms with E-state index in [9.17, 15) is 22.0 Å². The van der Waals surface area contributed by atoms with Crippen LogP contribution in [-0.2, 0) is 0 Å². The van der Waals surface area contributed by atoms with Crippen LogP contribution in [0.2, 0.25) is 0 Å². The zero-order valence-corrected chi connectivity index (χ0v) is 10.1. The van der Waals surface area contributed by atoms with Gasteiger partial charge in [0.05, 0.1) is 0 Å². The van der Waals surface area contributed by atoms with Crippen LogP contribution >= 0.6 is 0 Å². The Labute approximate surface area is 107 Å². The molecule has 0 saturated heterocycles. The second-order valence-electron chi connectivity index (χ2n) is 4.01. The Bertz CT molecular complexity index is 410. The molecule has 108 valence electrons. The lowest BCUT2D eigenvalue weighted by molar-refractivity contribution is 0.283. The van der Waals surface area contributed by atoms with Gasteiger partial charge in [-0.15, -0.1) is 0 Å². The van der Waals surface area contributed by atoms with Crippen molar-refractivity contribution in [3.05, 3.63) is 29.1 Å².